The molecule has 19 heavy (non-hydrogen) atoms. The summed E-state index contributed by atoms with van der Waals surface area (Å²) >= 11 is 0. The largest absolute Gasteiger partial charge is 2.00 e. The first-order valence-electron chi connectivity index (χ1n) is 5.44. The summed E-state index contributed by atoms with van der Waals surface area (Å²) < 4.78 is 37.8. The normalized spacial score (nSPS) is 11.3. The molecule has 0 aromatic heterocycles. The smallest absolute Gasteiger partial charge is 0.756 e. The van der Waals surface area contributed by atoms with Crippen molar-refractivity contribution in [2.45, 2.75) is 27.7 Å². The fourth-order valence-corrected chi connectivity index (χ4v) is 2.12. The van der Waals surface area contributed by atoms with Crippen LogP contribution in [-0.2, 0) is 46.7 Å². The number of hydrogen-bond acceptors (Lipinski definition) is 8. The van der Waals surface area contributed by atoms with Gasteiger partial charge in [-0.25, -0.2) is 0 Å². The average Bonchev–Trinajstić information content (AvgIpc) is 2.17. The molecule has 0 atom stereocenters. The Labute approximate surface area is 126 Å². The molecular formula is C8H20O8P2Zn. The molecule has 0 amide bonds. The fourth-order valence-electron chi connectivity index (χ4n) is 0.707. The summed E-state index contributed by atoms with van der Waals surface area (Å²) in [6, 6.07) is 0. The maximum Gasteiger partial charge on any atom is 2.00 e. The fraction of sp³-hybridized carbons (Fsp3) is 1.00. The molecule has 0 rings (SSSR count). The van der Waals surface area contributed by atoms with Gasteiger partial charge in [0.15, 0.2) is 0 Å². The minimum atomic E-state index is -3.94. The van der Waals surface area contributed by atoms with Crippen LogP contribution in [0.4, 0.5) is 0 Å². The Kier molecular flexibility index (Phi) is 18.1. The minimum Gasteiger partial charge on any atom is -0.756 e. The summed E-state index contributed by atoms with van der Waals surface area (Å²) in [6.45, 7) is 6.85. The van der Waals surface area contributed by atoms with Crippen molar-refractivity contribution in [1.82, 2.24) is 0 Å². The molecule has 11 heteroatoms. The summed E-state index contributed by atoms with van der Waals surface area (Å²) in [6.07, 6.45) is 0. The first kappa shape index (κ1) is 24.8. The van der Waals surface area contributed by atoms with Gasteiger partial charge in [0.05, 0.1) is 26.4 Å². The van der Waals surface area contributed by atoms with E-state index < -0.39 is 15.6 Å². The minimum absolute atomic E-state index is 0. The van der Waals surface area contributed by atoms with Crippen molar-refractivity contribution in [3.63, 3.8) is 0 Å². The van der Waals surface area contributed by atoms with Gasteiger partial charge in [0, 0.05) is 0 Å². The Balaban J connectivity index is -0.000000256. The third-order valence-electron chi connectivity index (χ3n) is 1.15. The van der Waals surface area contributed by atoms with Gasteiger partial charge in [-0.1, -0.05) is 0 Å². The van der Waals surface area contributed by atoms with Crippen LogP contribution in [-0.4, -0.2) is 26.4 Å². The van der Waals surface area contributed by atoms with Gasteiger partial charge in [0.1, 0.15) is 0 Å². The van der Waals surface area contributed by atoms with Crippen LogP contribution >= 0.6 is 15.6 Å². The van der Waals surface area contributed by atoms with Crippen LogP contribution in [0.2, 0.25) is 0 Å². The van der Waals surface area contributed by atoms with Crippen molar-refractivity contribution >= 4 is 15.6 Å². The van der Waals surface area contributed by atoms with E-state index in [4.69, 9.17) is 0 Å². The molecule has 0 spiro atoms. The predicted octanol–water partition coefficient (Wildman–Crippen LogP) is 1.05. The molecule has 0 aromatic carbocycles. The Bertz CT molecular complexity index is 240. The molecule has 0 saturated carbocycles. The Morgan fingerprint density at radius 3 is 0.947 bits per heavy atom. The summed E-state index contributed by atoms with van der Waals surface area (Å²) in [7, 11) is -7.89. The summed E-state index contributed by atoms with van der Waals surface area (Å²) in [5.41, 5.74) is 0. The van der Waals surface area contributed by atoms with Crippen LogP contribution in [0, 0.1) is 0 Å². The molecule has 0 aliphatic heterocycles. The standard InChI is InChI=1S/2C4H11O4P.Zn/c2*1-3-7-9(5,6)8-4-2;/h2*3-4H2,1-2H3,(H,5,6);/q;;+2/p-2. The monoisotopic (exact) mass is 370 g/mol. The van der Waals surface area contributed by atoms with Gasteiger partial charge < -0.3 is 27.9 Å². The van der Waals surface area contributed by atoms with Crippen LogP contribution in [0.25, 0.3) is 0 Å². The SMILES string of the molecule is CCOP(=O)([O-])OCC.CCOP(=O)([O-])OCC.[Zn+2]. The van der Waals surface area contributed by atoms with Crippen molar-refractivity contribution < 1.29 is 56.5 Å². The van der Waals surface area contributed by atoms with E-state index in [1.807, 2.05) is 0 Å². The summed E-state index contributed by atoms with van der Waals surface area (Å²) in [5.74, 6) is 0. The first-order chi connectivity index (χ1) is 8.24. The molecule has 8 nitrogen and oxygen atoms in total. The van der Waals surface area contributed by atoms with Crippen LogP contribution in [0.5, 0.6) is 0 Å². The average molecular weight is 372 g/mol. The number of phosphoric ester groups is 2. The zero-order valence-electron chi connectivity index (χ0n) is 11.7. The molecule has 0 radical (unpaired) electrons. The van der Waals surface area contributed by atoms with Crippen LogP contribution in [0.1, 0.15) is 27.7 Å². The van der Waals surface area contributed by atoms with Crippen molar-refractivity contribution in [2.75, 3.05) is 26.4 Å². The molecular weight excluding hydrogens is 351 g/mol. The van der Waals surface area contributed by atoms with Crippen molar-refractivity contribution in [3.05, 3.63) is 0 Å². The quantitative estimate of drug-likeness (QED) is 0.459. The van der Waals surface area contributed by atoms with E-state index in [2.05, 4.69) is 18.1 Å². The van der Waals surface area contributed by atoms with Crippen molar-refractivity contribution in [1.29, 1.82) is 0 Å². The third-order valence-corrected chi connectivity index (χ3v) is 3.45. The van der Waals surface area contributed by atoms with E-state index in [1.54, 1.807) is 27.7 Å². The van der Waals surface area contributed by atoms with Gasteiger partial charge in [-0.05, 0) is 27.7 Å². The van der Waals surface area contributed by atoms with Crippen LogP contribution in [0.3, 0.4) is 0 Å². The van der Waals surface area contributed by atoms with Crippen LogP contribution in [0.15, 0.2) is 0 Å². The second-order valence-electron chi connectivity index (χ2n) is 2.57. The Morgan fingerprint density at radius 1 is 0.684 bits per heavy atom. The Morgan fingerprint density at radius 2 is 0.842 bits per heavy atom. The maximum atomic E-state index is 10.4. The second-order valence-corrected chi connectivity index (χ2v) is 5.39. The molecule has 0 aromatic rings. The van der Waals surface area contributed by atoms with Crippen molar-refractivity contribution in [3.8, 4) is 0 Å². The van der Waals surface area contributed by atoms with E-state index in [0.29, 0.717) is 0 Å². The van der Waals surface area contributed by atoms with Crippen LogP contribution < -0.4 is 9.79 Å². The number of rotatable bonds is 8. The van der Waals surface area contributed by atoms with E-state index in [1.165, 1.54) is 0 Å². The molecule has 0 bridgehead atoms. The third kappa shape index (κ3) is 18.8. The topological polar surface area (TPSA) is 117 Å². The zero-order valence-corrected chi connectivity index (χ0v) is 16.5. The van der Waals surface area contributed by atoms with E-state index in [-0.39, 0.29) is 45.9 Å². The predicted molar refractivity (Wildman–Crippen MR) is 61.7 cm³/mol. The molecule has 0 saturated heterocycles. The molecule has 0 N–H and O–H groups in total. The Hall–Kier alpha value is 0.843. The summed E-state index contributed by atoms with van der Waals surface area (Å²) in [4.78, 5) is 20.8. The summed E-state index contributed by atoms with van der Waals surface area (Å²) in [5, 5.41) is 0. The van der Waals surface area contributed by atoms with E-state index in [9.17, 15) is 18.9 Å². The first-order valence-corrected chi connectivity index (χ1v) is 8.36. The van der Waals surface area contributed by atoms with E-state index in [0.717, 1.165) is 0 Å². The zero-order chi connectivity index (χ0) is 14.7. The van der Waals surface area contributed by atoms with Gasteiger partial charge in [0.25, 0.3) is 15.6 Å². The number of hydrogen-bond donors (Lipinski definition) is 0. The molecule has 0 aliphatic rings. The van der Waals surface area contributed by atoms with Gasteiger partial charge in [-0.2, -0.15) is 0 Å². The number of phosphoric acid groups is 2. The van der Waals surface area contributed by atoms with Gasteiger partial charge in [-0.15, -0.1) is 0 Å². The van der Waals surface area contributed by atoms with Gasteiger partial charge in [-0.3, -0.25) is 9.13 Å². The second kappa shape index (κ2) is 13.8. The van der Waals surface area contributed by atoms with Gasteiger partial charge >= 0.3 is 19.5 Å². The molecule has 0 heterocycles. The van der Waals surface area contributed by atoms with Gasteiger partial charge in [0.2, 0.25) is 0 Å². The van der Waals surface area contributed by atoms with E-state index >= 15 is 0 Å². The molecule has 0 aliphatic carbocycles. The molecule has 0 unspecified atom stereocenters. The molecule has 112 valence electrons. The maximum absolute atomic E-state index is 10.4. The van der Waals surface area contributed by atoms with Crippen molar-refractivity contribution in [2.24, 2.45) is 0 Å². The molecule has 0 fully saturated rings.